The lowest BCUT2D eigenvalue weighted by atomic mass is 9.69. The van der Waals surface area contributed by atoms with E-state index < -0.39 is 11.6 Å². The van der Waals surface area contributed by atoms with Gasteiger partial charge in [-0.2, -0.15) is 0 Å². The lowest BCUT2D eigenvalue weighted by Gasteiger charge is -2.39. The molecule has 0 amide bonds. The minimum absolute atomic E-state index is 0.0117. The summed E-state index contributed by atoms with van der Waals surface area (Å²) in [6, 6.07) is 9.05. The van der Waals surface area contributed by atoms with Gasteiger partial charge in [0.2, 0.25) is 0 Å². The van der Waals surface area contributed by atoms with E-state index in [4.69, 9.17) is 4.74 Å². The van der Waals surface area contributed by atoms with Crippen molar-refractivity contribution in [1.29, 1.82) is 0 Å². The van der Waals surface area contributed by atoms with E-state index in [9.17, 15) is 9.90 Å². The number of methoxy groups -OCH3 is 1. The van der Waals surface area contributed by atoms with Crippen LogP contribution in [0.4, 0.5) is 0 Å². The normalized spacial score (nSPS) is 19.6. The molecule has 16 heavy (non-hydrogen) atoms. The maximum atomic E-state index is 11.8. The number of hydrogen-bond donors (Lipinski definition) is 1. The first-order chi connectivity index (χ1) is 7.69. The zero-order valence-corrected chi connectivity index (χ0v) is 9.35. The first-order valence-electron chi connectivity index (χ1n) is 5.56. The van der Waals surface area contributed by atoms with Crippen molar-refractivity contribution in [2.24, 2.45) is 5.92 Å². The van der Waals surface area contributed by atoms with E-state index in [-0.39, 0.29) is 5.92 Å². The van der Waals surface area contributed by atoms with Crippen LogP contribution >= 0.6 is 0 Å². The van der Waals surface area contributed by atoms with Crippen LogP contribution in [0.15, 0.2) is 30.3 Å². The van der Waals surface area contributed by atoms with Crippen LogP contribution in [0.2, 0.25) is 0 Å². The highest BCUT2D eigenvalue weighted by molar-refractivity contribution is 5.81. The minimum atomic E-state index is -1.46. The standard InChI is InChI=1S/C13H16O3/c1-16-12(14)13(15,11-8-5-9-11)10-6-3-2-4-7-10/h2-4,6-7,11,15H,5,8-9H2,1H3/t13-/m1/s1. The van der Waals surface area contributed by atoms with Gasteiger partial charge < -0.3 is 9.84 Å². The molecule has 0 spiro atoms. The molecule has 1 N–H and O–H groups in total. The van der Waals surface area contributed by atoms with Gasteiger partial charge in [0.15, 0.2) is 5.60 Å². The molecule has 2 rings (SSSR count). The molecule has 3 nitrogen and oxygen atoms in total. The quantitative estimate of drug-likeness (QED) is 0.791. The van der Waals surface area contributed by atoms with E-state index >= 15 is 0 Å². The second-order valence-corrected chi connectivity index (χ2v) is 4.25. The summed E-state index contributed by atoms with van der Waals surface area (Å²) < 4.78 is 4.74. The molecule has 0 saturated heterocycles. The van der Waals surface area contributed by atoms with Crippen LogP contribution in [0.25, 0.3) is 0 Å². The third-order valence-electron chi connectivity index (χ3n) is 3.41. The number of aliphatic hydroxyl groups is 1. The van der Waals surface area contributed by atoms with Gasteiger partial charge in [-0.05, 0) is 18.4 Å². The van der Waals surface area contributed by atoms with Crippen LogP contribution in [-0.4, -0.2) is 18.2 Å². The summed E-state index contributed by atoms with van der Waals surface area (Å²) in [5.74, 6) is -0.564. The smallest absolute Gasteiger partial charge is 0.342 e. The molecule has 1 atom stereocenters. The zero-order chi connectivity index (χ0) is 11.6. The Hall–Kier alpha value is -1.35. The Balaban J connectivity index is 2.37. The van der Waals surface area contributed by atoms with Gasteiger partial charge >= 0.3 is 5.97 Å². The lowest BCUT2D eigenvalue weighted by molar-refractivity contribution is -0.175. The molecule has 0 aliphatic heterocycles. The third kappa shape index (κ3) is 1.61. The van der Waals surface area contributed by atoms with Gasteiger partial charge in [0.25, 0.3) is 0 Å². The van der Waals surface area contributed by atoms with Crippen molar-refractivity contribution in [3.05, 3.63) is 35.9 Å². The predicted octanol–water partition coefficient (Wildman–Crippen LogP) is 1.85. The van der Waals surface area contributed by atoms with Crippen LogP contribution in [0, 0.1) is 5.92 Å². The van der Waals surface area contributed by atoms with E-state index in [1.54, 1.807) is 12.1 Å². The summed E-state index contributed by atoms with van der Waals surface area (Å²) in [5, 5.41) is 10.6. The van der Waals surface area contributed by atoms with Gasteiger partial charge in [-0.15, -0.1) is 0 Å². The number of rotatable bonds is 3. The monoisotopic (exact) mass is 220 g/mol. The number of carbonyl (C=O) groups excluding carboxylic acids is 1. The molecular weight excluding hydrogens is 204 g/mol. The first-order valence-corrected chi connectivity index (χ1v) is 5.56. The zero-order valence-electron chi connectivity index (χ0n) is 9.35. The van der Waals surface area contributed by atoms with Crippen LogP contribution < -0.4 is 0 Å². The molecule has 0 unspecified atom stereocenters. The van der Waals surface area contributed by atoms with Crippen molar-refractivity contribution in [1.82, 2.24) is 0 Å². The third-order valence-corrected chi connectivity index (χ3v) is 3.41. The first kappa shape index (κ1) is 11.1. The lowest BCUT2D eigenvalue weighted by Crippen LogP contribution is -2.46. The van der Waals surface area contributed by atoms with Crippen LogP contribution in [0.5, 0.6) is 0 Å². The molecule has 1 aliphatic rings. The van der Waals surface area contributed by atoms with E-state index in [1.807, 2.05) is 18.2 Å². The van der Waals surface area contributed by atoms with E-state index in [1.165, 1.54) is 7.11 Å². The molecule has 0 aromatic heterocycles. The average molecular weight is 220 g/mol. The molecule has 1 aliphatic carbocycles. The summed E-state index contributed by atoms with van der Waals surface area (Å²) in [6.07, 6.45) is 2.82. The number of hydrogen-bond acceptors (Lipinski definition) is 3. The van der Waals surface area contributed by atoms with Crippen molar-refractivity contribution in [3.8, 4) is 0 Å². The Bertz CT molecular complexity index is 370. The molecule has 1 fully saturated rings. The topological polar surface area (TPSA) is 46.5 Å². The largest absolute Gasteiger partial charge is 0.467 e. The Morgan fingerprint density at radius 1 is 1.38 bits per heavy atom. The summed E-state index contributed by atoms with van der Waals surface area (Å²) >= 11 is 0. The number of carbonyl (C=O) groups is 1. The Labute approximate surface area is 95.0 Å². The fraction of sp³-hybridized carbons (Fsp3) is 0.462. The van der Waals surface area contributed by atoms with Crippen LogP contribution in [0.1, 0.15) is 24.8 Å². The predicted molar refractivity (Wildman–Crippen MR) is 59.7 cm³/mol. The Morgan fingerprint density at radius 3 is 2.44 bits per heavy atom. The molecule has 0 heterocycles. The van der Waals surface area contributed by atoms with Gasteiger partial charge in [0.05, 0.1) is 7.11 Å². The van der Waals surface area contributed by atoms with Gasteiger partial charge in [0, 0.05) is 5.92 Å². The maximum absolute atomic E-state index is 11.8. The van der Waals surface area contributed by atoms with Crippen molar-refractivity contribution in [3.63, 3.8) is 0 Å². The summed E-state index contributed by atoms with van der Waals surface area (Å²) in [5.41, 5.74) is -0.833. The van der Waals surface area contributed by atoms with Crippen molar-refractivity contribution in [2.45, 2.75) is 24.9 Å². The van der Waals surface area contributed by atoms with Gasteiger partial charge in [0.1, 0.15) is 0 Å². The van der Waals surface area contributed by atoms with E-state index in [0.717, 1.165) is 19.3 Å². The van der Waals surface area contributed by atoms with Crippen molar-refractivity contribution < 1.29 is 14.6 Å². The second kappa shape index (κ2) is 4.26. The molecule has 1 aromatic carbocycles. The highest BCUT2D eigenvalue weighted by Crippen LogP contribution is 2.43. The number of ether oxygens (including phenoxy) is 1. The van der Waals surface area contributed by atoms with Crippen LogP contribution in [-0.2, 0) is 15.1 Å². The molecule has 0 bridgehead atoms. The van der Waals surface area contributed by atoms with Crippen molar-refractivity contribution in [2.75, 3.05) is 7.11 Å². The van der Waals surface area contributed by atoms with E-state index in [0.29, 0.717) is 5.56 Å². The summed E-state index contributed by atoms with van der Waals surface area (Å²) in [4.78, 5) is 11.8. The van der Waals surface area contributed by atoms with Crippen LogP contribution in [0.3, 0.4) is 0 Å². The van der Waals surface area contributed by atoms with Crippen molar-refractivity contribution >= 4 is 5.97 Å². The Morgan fingerprint density at radius 2 is 2.00 bits per heavy atom. The molecule has 1 aromatic rings. The highest BCUT2D eigenvalue weighted by Gasteiger charge is 2.48. The molecule has 86 valence electrons. The number of benzene rings is 1. The Kier molecular flexibility index (Phi) is 2.97. The SMILES string of the molecule is COC(=O)[C@@](O)(c1ccccc1)C1CCC1. The minimum Gasteiger partial charge on any atom is -0.467 e. The second-order valence-electron chi connectivity index (χ2n) is 4.25. The fourth-order valence-corrected chi connectivity index (χ4v) is 2.19. The van der Waals surface area contributed by atoms with Gasteiger partial charge in [-0.1, -0.05) is 36.8 Å². The molecular formula is C13H16O3. The van der Waals surface area contributed by atoms with E-state index in [2.05, 4.69) is 0 Å². The summed E-state index contributed by atoms with van der Waals surface area (Å²) in [6.45, 7) is 0. The fourth-order valence-electron chi connectivity index (χ4n) is 2.19. The van der Waals surface area contributed by atoms with Gasteiger partial charge in [-0.25, -0.2) is 4.79 Å². The average Bonchev–Trinajstić information content (AvgIpc) is 2.26. The number of esters is 1. The summed E-state index contributed by atoms with van der Waals surface area (Å²) in [7, 11) is 1.31. The molecule has 0 radical (unpaired) electrons. The van der Waals surface area contributed by atoms with Gasteiger partial charge in [-0.3, -0.25) is 0 Å². The molecule has 1 saturated carbocycles. The molecule has 3 heteroatoms. The highest BCUT2D eigenvalue weighted by atomic mass is 16.5. The maximum Gasteiger partial charge on any atom is 0.342 e.